The van der Waals surface area contributed by atoms with Gasteiger partial charge in [-0.15, -0.1) is 11.8 Å². The van der Waals surface area contributed by atoms with Crippen molar-refractivity contribution in [2.24, 2.45) is 11.7 Å². The van der Waals surface area contributed by atoms with Crippen molar-refractivity contribution in [3.8, 4) is 0 Å². The second-order valence-electron chi connectivity index (χ2n) is 4.18. The molecule has 1 aromatic carbocycles. The van der Waals surface area contributed by atoms with E-state index in [2.05, 4.69) is 38.1 Å². The lowest BCUT2D eigenvalue weighted by Gasteiger charge is -2.09. The summed E-state index contributed by atoms with van der Waals surface area (Å²) in [5.41, 5.74) is 6.99. The van der Waals surface area contributed by atoms with E-state index in [-0.39, 0.29) is 0 Å². The van der Waals surface area contributed by atoms with Crippen molar-refractivity contribution in [1.29, 1.82) is 0 Å². The van der Waals surface area contributed by atoms with Gasteiger partial charge in [-0.25, -0.2) is 0 Å². The van der Waals surface area contributed by atoms with Crippen LogP contribution in [0.2, 0.25) is 0 Å². The van der Waals surface area contributed by atoms with Gasteiger partial charge in [0.1, 0.15) is 0 Å². The molecule has 1 nitrogen and oxygen atoms in total. The van der Waals surface area contributed by atoms with Crippen molar-refractivity contribution in [3.63, 3.8) is 0 Å². The Bertz CT molecular complexity index is 284. The summed E-state index contributed by atoms with van der Waals surface area (Å²) < 4.78 is 0. The van der Waals surface area contributed by atoms with E-state index < -0.39 is 0 Å². The van der Waals surface area contributed by atoms with Gasteiger partial charge in [-0.2, -0.15) is 0 Å². The van der Waals surface area contributed by atoms with Crippen LogP contribution in [0, 0.1) is 5.92 Å². The van der Waals surface area contributed by atoms with Gasteiger partial charge in [-0.05, 0) is 42.7 Å². The van der Waals surface area contributed by atoms with Gasteiger partial charge < -0.3 is 5.73 Å². The summed E-state index contributed by atoms with van der Waals surface area (Å²) in [6.45, 7) is 5.28. The minimum absolute atomic E-state index is 0.738. The standard InChI is InChI=1S/C13H21NS/c1-11(2)8-10-15-13-6-4-3-5-12(13)7-9-14/h3-6,11H,7-10,14H2,1-2H3. The molecule has 2 heteroatoms. The van der Waals surface area contributed by atoms with Crippen LogP contribution < -0.4 is 5.73 Å². The summed E-state index contributed by atoms with van der Waals surface area (Å²) in [6.07, 6.45) is 2.27. The molecule has 0 aliphatic carbocycles. The molecule has 2 N–H and O–H groups in total. The van der Waals surface area contributed by atoms with E-state index in [1.54, 1.807) is 0 Å². The largest absolute Gasteiger partial charge is 0.330 e. The molecule has 15 heavy (non-hydrogen) atoms. The van der Waals surface area contributed by atoms with Crippen molar-refractivity contribution < 1.29 is 0 Å². The van der Waals surface area contributed by atoms with E-state index in [0.29, 0.717) is 0 Å². The summed E-state index contributed by atoms with van der Waals surface area (Å²) in [5, 5.41) is 0. The van der Waals surface area contributed by atoms with Gasteiger partial charge in [-0.1, -0.05) is 32.0 Å². The molecule has 0 aliphatic heterocycles. The van der Waals surface area contributed by atoms with Gasteiger partial charge in [0.15, 0.2) is 0 Å². The van der Waals surface area contributed by atoms with Crippen LogP contribution in [0.25, 0.3) is 0 Å². The van der Waals surface area contributed by atoms with E-state index in [1.165, 1.54) is 22.6 Å². The third kappa shape index (κ3) is 4.72. The highest BCUT2D eigenvalue weighted by molar-refractivity contribution is 7.99. The maximum absolute atomic E-state index is 5.60. The lowest BCUT2D eigenvalue weighted by Crippen LogP contribution is -2.03. The summed E-state index contributed by atoms with van der Waals surface area (Å²) in [4.78, 5) is 1.41. The Hall–Kier alpha value is -0.470. The molecule has 84 valence electrons. The molecule has 0 amide bonds. The second kappa shape index (κ2) is 6.91. The fourth-order valence-corrected chi connectivity index (χ4v) is 2.75. The third-order valence-corrected chi connectivity index (χ3v) is 3.49. The number of thioether (sulfide) groups is 1. The molecule has 0 radical (unpaired) electrons. The van der Waals surface area contributed by atoms with Crippen molar-refractivity contribution in [2.75, 3.05) is 12.3 Å². The molecule has 0 unspecified atom stereocenters. The number of hydrogen-bond acceptors (Lipinski definition) is 2. The van der Waals surface area contributed by atoms with E-state index in [0.717, 1.165) is 18.9 Å². The monoisotopic (exact) mass is 223 g/mol. The first-order chi connectivity index (χ1) is 7.24. The lowest BCUT2D eigenvalue weighted by molar-refractivity contribution is 0.632. The molecule has 0 spiro atoms. The molecule has 0 atom stereocenters. The van der Waals surface area contributed by atoms with Crippen LogP contribution in [0.1, 0.15) is 25.8 Å². The van der Waals surface area contributed by atoms with Gasteiger partial charge in [0.05, 0.1) is 0 Å². The van der Waals surface area contributed by atoms with Crippen LogP contribution in [0.5, 0.6) is 0 Å². The minimum atomic E-state index is 0.738. The van der Waals surface area contributed by atoms with Crippen LogP contribution in [0.3, 0.4) is 0 Å². The van der Waals surface area contributed by atoms with Gasteiger partial charge in [0.2, 0.25) is 0 Å². The van der Waals surface area contributed by atoms with Gasteiger partial charge in [-0.3, -0.25) is 0 Å². The van der Waals surface area contributed by atoms with Crippen LogP contribution in [0.15, 0.2) is 29.2 Å². The summed E-state index contributed by atoms with van der Waals surface area (Å²) >= 11 is 1.96. The first-order valence-corrected chi connectivity index (χ1v) is 6.63. The smallest absolute Gasteiger partial charge is 0.0104 e. The predicted octanol–water partition coefficient (Wildman–Crippen LogP) is 3.33. The predicted molar refractivity (Wildman–Crippen MR) is 69.4 cm³/mol. The van der Waals surface area contributed by atoms with Crippen molar-refractivity contribution >= 4 is 11.8 Å². The number of hydrogen-bond donors (Lipinski definition) is 1. The Kier molecular flexibility index (Phi) is 5.81. The zero-order valence-electron chi connectivity index (χ0n) is 9.70. The van der Waals surface area contributed by atoms with Crippen molar-refractivity contribution in [3.05, 3.63) is 29.8 Å². The molecule has 0 fully saturated rings. The second-order valence-corrected chi connectivity index (χ2v) is 5.31. The van der Waals surface area contributed by atoms with Crippen LogP contribution in [-0.2, 0) is 6.42 Å². The van der Waals surface area contributed by atoms with Gasteiger partial charge >= 0.3 is 0 Å². The molecule has 0 bridgehead atoms. The Morgan fingerprint density at radius 2 is 2.00 bits per heavy atom. The van der Waals surface area contributed by atoms with Crippen LogP contribution in [0.4, 0.5) is 0 Å². The Labute approximate surface area is 97.4 Å². The molecular weight excluding hydrogens is 202 g/mol. The van der Waals surface area contributed by atoms with E-state index in [4.69, 9.17) is 5.73 Å². The summed E-state index contributed by atoms with van der Waals surface area (Å²) in [6, 6.07) is 8.59. The summed E-state index contributed by atoms with van der Waals surface area (Å²) in [5.74, 6) is 2.00. The number of nitrogens with two attached hydrogens (primary N) is 1. The van der Waals surface area contributed by atoms with Crippen molar-refractivity contribution in [1.82, 2.24) is 0 Å². The fraction of sp³-hybridized carbons (Fsp3) is 0.538. The average Bonchev–Trinajstić information content (AvgIpc) is 2.20. The average molecular weight is 223 g/mol. The number of benzene rings is 1. The lowest BCUT2D eigenvalue weighted by atomic mass is 10.1. The first kappa shape index (κ1) is 12.6. The quantitative estimate of drug-likeness (QED) is 0.749. The fourth-order valence-electron chi connectivity index (χ4n) is 1.41. The Balaban J connectivity index is 2.51. The first-order valence-electron chi connectivity index (χ1n) is 5.64. The van der Waals surface area contributed by atoms with Gasteiger partial charge in [0, 0.05) is 4.90 Å². The van der Waals surface area contributed by atoms with E-state index in [9.17, 15) is 0 Å². The zero-order valence-corrected chi connectivity index (χ0v) is 10.5. The highest BCUT2D eigenvalue weighted by atomic mass is 32.2. The zero-order chi connectivity index (χ0) is 11.1. The topological polar surface area (TPSA) is 26.0 Å². The molecule has 1 rings (SSSR count). The third-order valence-electron chi connectivity index (χ3n) is 2.34. The Morgan fingerprint density at radius 3 is 2.67 bits per heavy atom. The molecule has 0 heterocycles. The summed E-state index contributed by atoms with van der Waals surface area (Å²) in [7, 11) is 0. The molecule has 0 aromatic heterocycles. The number of rotatable bonds is 6. The maximum atomic E-state index is 5.60. The molecule has 0 saturated carbocycles. The molecule has 1 aromatic rings. The van der Waals surface area contributed by atoms with E-state index in [1.807, 2.05) is 11.8 Å². The maximum Gasteiger partial charge on any atom is 0.0104 e. The van der Waals surface area contributed by atoms with Crippen LogP contribution in [-0.4, -0.2) is 12.3 Å². The molecule has 0 saturated heterocycles. The highest BCUT2D eigenvalue weighted by Crippen LogP contribution is 2.24. The van der Waals surface area contributed by atoms with Crippen LogP contribution >= 0.6 is 11.8 Å². The normalized spacial score (nSPS) is 10.9. The van der Waals surface area contributed by atoms with Gasteiger partial charge in [0.25, 0.3) is 0 Å². The molecule has 0 aliphatic rings. The van der Waals surface area contributed by atoms with E-state index >= 15 is 0 Å². The SMILES string of the molecule is CC(C)CCSc1ccccc1CCN. The van der Waals surface area contributed by atoms with Crippen molar-refractivity contribution in [2.45, 2.75) is 31.6 Å². The minimum Gasteiger partial charge on any atom is -0.330 e. The highest BCUT2D eigenvalue weighted by Gasteiger charge is 2.02. The molecular formula is C13H21NS. The Morgan fingerprint density at radius 1 is 1.27 bits per heavy atom.